The number of fused-ring (bicyclic) bond motifs is 1. The van der Waals surface area contributed by atoms with Crippen molar-refractivity contribution >= 4 is 39.7 Å². The zero-order chi connectivity index (χ0) is 23.4. The second-order valence-electron chi connectivity index (χ2n) is 7.86. The number of nitrogens with zero attached hydrogens (tertiary/aromatic N) is 3. The Kier molecular flexibility index (Phi) is 6.31. The molecule has 0 radical (unpaired) electrons. The highest BCUT2D eigenvalue weighted by molar-refractivity contribution is 5.96. The number of carbonyl (C=O) groups excluding carboxylic acids is 1. The molecule has 0 aliphatic rings. The molecule has 0 unspecified atom stereocenters. The molecule has 2 N–H and O–H groups in total. The van der Waals surface area contributed by atoms with E-state index >= 15 is 0 Å². The van der Waals surface area contributed by atoms with Crippen LogP contribution in [0.15, 0.2) is 79.6 Å². The monoisotopic (exact) mass is 441 g/mol. The van der Waals surface area contributed by atoms with Crippen LogP contribution in [0, 0.1) is 5.82 Å². The Morgan fingerprint density at radius 3 is 2.64 bits per heavy atom. The first kappa shape index (κ1) is 22.0. The Morgan fingerprint density at radius 2 is 1.85 bits per heavy atom. The molecule has 166 valence electrons. The molecule has 0 saturated carbocycles. The minimum atomic E-state index is -0.329. The summed E-state index contributed by atoms with van der Waals surface area (Å²) < 4.78 is 13.4. The third-order valence-electron chi connectivity index (χ3n) is 5.16. The van der Waals surface area contributed by atoms with Gasteiger partial charge in [-0.15, -0.1) is 0 Å². The second-order valence-corrected chi connectivity index (χ2v) is 7.86. The van der Waals surface area contributed by atoms with E-state index in [1.54, 1.807) is 25.2 Å². The van der Waals surface area contributed by atoms with E-state index in [2.05, 4.69) is 27.2 Å². The fraction of sp³-hybridized carbons (Fsp3) is 0.115. The molecular weight excluding hydrogens is 417 g/mol. The van der Waals surface area contributed by atoms with Crippen molar-refractivity contribution in [3.63, 3.8) is 0 Å². The predicted octanol–water partition coefficient (Wildman–Crippen LogP) is 6.21. The Labute approximate surface area is 191 Å². The van der Waals surface area contributed by atoms with Crippen molar-refractivity contribution in [2.24, 2.45) is 0 Å². The van der Waals surface area contributed by atoms with Gasteiger partial charge in [0, 0.05) is 30.4 Å². The SMILES string of the molecule is C=C(C)c1cccc(Nc2ncnc3ccc(NC(=O)N(C)Cc4cccc(F)c4)cc23)c1. The van der Waals surface area contributed by atoms with Crippen molar-refractivity contribution in [2.45, 2.75) is 13.5 Å². The standard InChI is InChI=1S/C26H24FN5O/c1-17(2)19-7-5-9-21(13-19)30-25-23-14-22(10-11-24(23)28-16-29-25)31-26(33)32(3)15-18-6-4-8-20(27)12-18/h4-14,16H,1,15H2,2-3H3,(H,31,33)(H,28,29,30). The van der Waals surface area contributed by atoms with E-state index in [9.17, 15) is 9.18 Å². The maximum absolute atomic E-state index is 13.4. The molecule has 0 fully saturated rings. The molecule has 4 rings (SSSR count). The molecule has 0 aliphatic carbocycles. The number of benzene rings is 3. The van der Waals surface area contributed by atoms with E-state index in [-0.39, 0.29) is 18.4 Å². The maximum atomic E-state index is 13.4. The Hall–Kier alpha value is -4.26. The topological polar surface area (TPSA) is 70.1 Å². The first-order valence-corrected chi connectivity index (χ1v) is 10.4. The van der Waals surface area contributed by atoms with Crippen molar-refractivity contribution in [2.75, 3.05) is 17.7 Å². The summed E-state index contributed by atoms with van der Waals surface area (Å²) >= 11 is 0. The van der Waals surface area contributed by atoms with Gasteiger partial charge in [0.15, 0.2) is 0 Å². The first-order valence-electron chi connectivity index (χ1n) is 10.4. The molecular formula is C26H24FN5O. The molecule has 4 aromatic rings. The highest BCUT2D eigenvalue weighted by Crippen LogP contribution is 2.27. The average Bonchev–Trinajstić information content (AvgIpc) is 2.79. The molecule has 0 spiro atoms. The maximum Gasteiger partial charge on any atom is 0.321 e. The highest BCUT2D eigenvalue weighted by atomic mass is 19.1. The van der Waals surface area contributed by atoms with Crippen molar-refractivity contribution in [1.29, 1.82) is 0 Å². The molecule has 6 nitrogen and oxygen atoms in total. The number of allylic oxidation sites excluding steroid dienone is 1. The van der Waals surface area contributed by atoms with Gasteiger partial charge in [-0.3, -0.25) is 0 Å². The van der Waals surface area contributed by atoms with Gasteiger partial charge in [0.25, 0.3) is 0 Å². The zero-order valence-electron chi connectivity index (χ0n) is 18.5. The van der Waals surface area contributed by atoms with Crippen molar-refractivity contribution in [3.05, 3.63) is 96.6 Å². The Bertz CT molecular complexity index is 1340. The van der Waals surface area contributed by atoms with E-state index in [1.807, 2.05) is 43.3 Å². The summed E-state index contributed by atoms with van der Waals surface area (Å²) in [5, 5.41) is 6.98. The average molecular weight is 442 g/mol. The van der Waals surface area contributed by atoms with E-state index in [0.717, 1.165) is 27.7 Å². The van der Waals surface area contributed by atoms with Crippen molar-refractivity contribution < 1.29 is 9.18 Å². The van der Waals surface area contributed by atoms with Gasteiger partial charge in [-0.25, -0.2) is 19.2 Å². The van der Waals surface area contributed by atoms with Crippen molar-refractivity contribution in [1.82, 2.24) is 14.9 Å². The molecule has 2 amide bonds. The lowest BCUT2D eigenvalue weighted by molar-refractivity contribution is 0.220. The number of aromatic nitrogens is 2. The number of carbonyl (C=O) groups is 1. The van der Waals surface area contributed by atoms with Gasteiger partial charge in [0.05, 0.1) is 5.52 Å². The summed E-state index contributed by atoms with van der Waals surface area (Å²) in [5.41, 5.74) is 4.94. The summed E-state index contributed by atoms with van der Waals surface area (Å²) in [6.45, 7) is 6.23. The number of rotatable bonds is 6. The Morgan fingerprint density at radius 1 is 1.03 bits per heavy atom. The summed E-state index contributed by atoms with van der Waals surface area (Å²) in [7, 11) is 1.66. The normalized spacial score (nSPS) is 10.6. The van der Waals surface area contributed by atoms with Gasteiger partial charge in [-0.2, -0.15) is 0 Å². The number of hydrogen-bond acceptors (Lipinski definition) is 4. The lowest BCUT2D eigenvalue weighted by Gasteiger charge is -2.18. The van der Waals surface area contributed by atoms with Crippen LogP contribution in [0.3, 0.4) is 0 Å². The molecule has 33 heavy (non-hydrogen) atoms. The van der Waals surface area contributed by atoms with Crippen LogP contribution in [0.4, 0.5) is 26.4 Å². The van der Waals surface area contributed by atoms with Crippen LogP contribution in [0.5, 0.6) is 0 Å². The molecule has 1 aromatic heterocycles. The third-order valence-corrected chi connectivity index (χ3v) is 5.16. The molecule has 1 heterocycles. The van der Waals surface area contributed by atoms with Crippen LogP contribution >= 0.6 is 0 Å². The summed E-state index contributed by atoms with van der Waals surface area (Å²) in [6.07, 6.45) is 1.50. The lowest BCUT2D eigenvalue weighted by Crippen LogP contribution is -2.30. The fourth-order valence-corrected chi connectivity index (χ4v) is 3.43. The molecule has 7 heteroatoms. The number of amides is 2. The smallest absolute Gasteiger partial charge is 0.321 e. The van der Waals surface area contributed by atoms with Gasteiger partial charge in [0.1, 0.15) is 18.0 Å². The van der Waals surface area contributed by atoms with Crippen LogP contribution < -0.4 is 10.6 Å². The fourth-order valence-electron chi connectivity index (χ4n) is 3.43. The molecule has 0 atom stereocenters. The summed E-state index contributed by atoms with van der Waals surface area (Å²) in [4.78, 5) is 22.9. The molecule has 0 bridgehead atoms. The molecule has 3 aromatic carbocycles. The summed E-state index contributed by atoms with van der Waals surface area (Å²) in [6, 6.07) is 19.2. The largest absolute Gasteiger partial charge is 0.340 e. The van der Waals surface area contributed by atoms with Crippen LogP contribution in [0.25, 0.3) is 16.5 Å². The van der Waals surface area contributed by atoms with Gasteiger partial charge in [-0.1, -0.05) is 36.4 Å². The van der Waals surface area contributed by atoms with E-state index in [4.69, 9.17) is 0 Å². The first-order chi connectivity index (χ1) is 15.9. The van der Waals surface area contributed by atoms with Gasteiger partial charge < -0.3 is 15.5 Å². The number of hydrogen-bond donors (Lipinski definition) is 2. The van der Waals surface area contributed by atoms with Gasteiger partial charge in [-0.05, 0) is 60.5 Å². The lowest BCUT2D eigenvalue weighted by atomic mass is 10.1. The van der Waals surface area contributed by atoms with Crippen LogP contribution in [0.2, 0.25) is 0 Å². The summed E-state index contributed by atoms with van der Waals surface area (Å²) in [5.74, 6) is 0.299. The van der Waals surface area contributed by atoms with E-state index in [1.165, 1.54) is 23.4 Å². The van der Waals surface area contributed by atoms with Crippen LogP contribution in [-0.4, -0.2) is 27.9 Å². The van der Waals surface area contributed by atoms with Crippen molar-refractivity contribution in [3.8, 4) is 0 Å². The minimum absolute atomic E-state index is 0.284. The van der Waals surface area contributed by atoms with E-state index in [0.29, 0.717) is 17.1 Å². The van der Waals surface area contributed by atoms with Crippen LogP contribution in [-0.2, 0) is 6.54 Å². The highest BCUT2D eigenvalue weighted by Gasteiger charge is 2.12. The molecule has 0 aliphatic heterocycles. The number of anilines is 3. The number of halogens is 1. The quantitative estimate of drug-likeness (QED) is 0.373. The third kappa shape index (κ3) is 5.33. The zero-order valence-corrected chi connectivity index (χ0v) is 18.5. The van der Waals surface area contributed by atoms with E-state index < -0.39 is 0 Å². The predicted molar refractivity (Wildman–Crippen MR) is 131 cm³/mol. The van der Waals surface area contributed by atoms with Gasteiger partial charge >= 0.3 is 6.03 Å². The second kappa shape index (κ2) is 9.48. The Balaban J connectivity index is 1.54. The minimum Gasteiger partial charge on any atom is -0.340 e. The molecule has 0 saturated heterocycles. The van der Waals surface area contributed by atoms with Gasteiger partial charge in [0.2, 0.25) is 0 Å². The number of nitrogens with one attached hydrogen (secondary N) is 2. The number of urea groups is 1. The van der Waals surface area contributed by atoms with Crippen LogP contribution in [0.1, 0.15) is 18.1 Å².